The predicted octanol–water partition coefficient (Wildman–Crippen LogP) is 3.51. The summed E-state index contributed by atoms with van der Waals surface area (Å²) in [4.78, 5) is 23.5. The minimum Gasteiger partial charge on any atom is -0.427 e. The van der Waals surface area contributed by atoms with Crippen LogP contribution in [0.5, 0.6) is 5.75 Å². The highest BCUT2D eigenvalue weighted by molar-refractivity contribution is 8.00. The Labute approximate surface area is 149 Å². The average Bonchev–Trinajstić information content (AvgIpc) is 2.55. The van der Waals surface area contributed by atoms with Crippen molar-refractivity contribution in [2.24, 2.45) is 5.10 Å². The summed E-state index contributed by atoms with van der Waals surface area (Å²) in [5.41, 5.74) is 3.23. The third-order valence-electron chi connectivity index (χ3n) is 2.73. The van der Waals surface area contributed by atoms with Gasteiger partial charge < -0.3 is 4.74 Å². The van der Waals surface area contributed by atoms with E-state index in [1.54, 1.807) is 36.4 Å². The molecule has 0 radical (unpaired) electrons. The van der Waals surface area contributed by atoms with Gasteiger partial charge in [0.25, 0.3) is 0 Å². The van der Waals surface area contributed by atoms with E-state index >= 15 is 0 Å². The number of hydrazone groups is 1. The van der Waals surface area contributed by atoms with Crippen molar-refractivity contribution in [2.45, 2.75) is 11.8 Å². The lowest BCUT2D eigenvalue weighted by molar-refractivity contribution is -0.131. The third kappa shape index (κ3) is 6.44. The van der Waals surface area contributed by atoms with Gasteiger partial charge in [-0.1, -0.05) is 11.6 Å². The van der Waals surface area contributed by atoms with Crippen LogP contribution in [0, 0.1) is 0 Å². The molecule has 0 aliphatic carbocycles. The maximum Gasteiger partial charge on any atom is 0.308 e. The van der Waals surface area contributed by atoms with Crippen LogP contribution in [-0.4, -0.2) is 23.8 Å². The molecular formula is C17H15ClN2O3S. The average molecular weight is 363 g/mol. The van der Waals surface area contributed by atoms with Crippen LogP contribution in [-0.2, 0) is 9.59 Å². The summed E-state index contributed by atoms with van der Waals surface area (Å²) in [7, 11) is 0. The summed E-state index contributed by atoms with van der Waals surface area (Å²) in [6.07, 6.45) is 1.52. The fourth-order valence-electron chi connectivity index (χ4n) is 1.68. The van der Waals surface area contributed by atoms with Crippen molar-refractivity contribution in [3.63, 3.8) is 0 Å². The highest BCUT2D eigenvalue weighted by atomic mass is 35.5. The van der Waals surface area contributed by atoms with Gasteiger partial charge in [-0.25, -0.2) is 5.43 Å². The molecule has 5 nitrogen and oxygen atoms in total. The molecule has 0 fully saturated rings. The van der Waals surface area contributed by atoms with Gasteiger partial charge in [-0.2, -0.15) is 5.10 Å². The number of nitrogens with zero attached hydrogens (tertiary/aromatic N) is 1. The number of hydrogen-bond donors (Lipinski definition) is 1. The summed E-state index contributed by atoms with van der Waals surface area (Å²) >= 11 is 7.20. The third-order valence-corrected chi connectivity index (χ3v) is 3.99. The summed E-state index contributed by atoms with van der Waals surface area (Å²) < 4.78 is 4.93. The van der Waals surface area contributed by atoms with Crippen LogP contribution in [0.3, 0.4) is 0 Å². The molecule has 0 aliphatic rings. The highest BCUT2D eigenvalue weighted by Crippen LogP contribution is 2.19. The van der Waals surface area contributed by atoms with Crippen LogP contribution in [0.15, 0.2) is 58.5 Å². The van der Waals surface area contributed by atoms with Crippen molar-refractivity contribution in [2.75, 3.05) is 5.75 Å². The number of amides is 1. The van der Waals surface area contributed by atoms with Crippen molar-refractivity contribution in [3.8, 4) is 5.75 Å². The summed E-state index contributed by atoms with van der Waals surface area (Å²) in [5, 5.41) is 4.55. The van der Waals surface area contributed by atoms with Crippen molar-refractivity contribution in [1.29, 1.82) is 0 Å². The molecule has 0 aromatic heterocycles. The molecule has 7 heteroatoms. The van der Waals surface area contributed by atoms with Crippen LogP contribution in [0.1, 0.15) is 12.5 Å². The first kappa shape index (κ1) is 18.0. The van der Waals surface area contributed by atoms with Crippen molar-refractivity contribution in [3.05, 3.63) is 59.1 Å². The predicted molar refractivity (Wildman–Crippen MR) is 95.7 cm³/mol. The number of benzene rings is 2. The van der Waals surface area contributed by atoms with E-state index in [-0.39, 0.29) is 17.6 Å². The molecule has 0 saturated carbocycles. The van der Waals surface area contributed by atoms with E-state index in [1.807, 2.05) is 12.1 Å². The van der Waals surface area contributed by atoms with E-state index in [4.69, 9.17) is 16.3 Å². The van der Waals surface area contributed by atoms with Gasteiger partial charge in [-0.15, -0.1) is 11.8 Å². The molecule has 24 heavy (non-hydrogen) atoms. The maximum absolute atomic E-state index is 11.7. The van der Waals surface area contributed by atoms with Crippen molar-refractivity contribution >= 4 is 41.5 Å². The number of esters is 1. The van der Waals surface area contributed by atoms with Crippen LogP contribution in [0.25, 0.3) is 0 Å². The molecule has 0 aliphatic heterocycles. The Kier molecular flexibility index (Phi) is 6.84. The zero-order valence-corrected chi connectivity index (χ0v) is 14.4. The molecule has 0 heterocycles. The minimum atomic E-state index is -0.373. The molecule has 124 valence electrons. The van der Waals surface area contributed by atoms with E-state index in [1.165, 1.54) is 24.9 Å². The van der Waals surface area contributed by atoms with Crippen LogP contribution in [0.2, 0.25) is 5.02 Å². The van der Waals surface area contributed by atoms with Crippen LogP contribution in [0.4, 0.5) is 0 Å². The SMILES string of the molecule is CC(=O)Oc1ccc(/C=N/NC(=O)CSc2ccc(Cl)cc2)cc1. The second kappa shape index (κ2) is 9.10. The van der Waals surface area contributed by atoms with Crippen molar-refractivity contribution < 1.29 is 14.3 Å². The summed E-state index contributed by atoms with van der Waals surface area (Å²) in [6, 6.07) is 14.0. The molecule has 2 rings (SSSR count). The second-order valence-corrected chi connectivity index (χ2v) is 6.18. The molecular weight excluding hydrogens is 348 g/mol. The lowest BCUT2D eigenvalue weighted by Crippen LogP contribution is -2.19. The van der Waals surface area contributed by atoms with Gasteiger partial charge in [-0.3, -0.25) is 9.59 Å². The van der Waals surface area contributed by atoms with Gasteiger partial charge in [0.1, 0.15) is 5.75 Å². The molecule has 2 aromatic rings. The lowest BCUT2D eigenvalue weighted by Gasteiger charge is -2.02. The Balaban J connectivity index is 1.77. The normalized spacial score (nSPS) is 10.6. The molecule has 0 unspecified atom stereocenters. The number of ether oxygens (including phenoxy) is 1. The smallest absolute Gasteiger partial charge is 0.308 e. The molecule has 0 atom stereocenters. The molecule has 1 amide bonds. The standard InChI is InChI=1S/C17H15ClN2O3S/c1-12(21)23-15-6-2-13(3-7-15)10-19-20-17(22)11-24-16-8-4-14(18)5-9-16/h2-10H,11H2,1H3,(H,20,22)/b19-10+. The first-order valence-corrected chi connectivity index (χ1v) is 8.38. The van der Waals surface area contributed by atoms with Gasteiger partial charge in [0.15, 0.2) is 0 Å². The number of rotatable bonds is 6. The van der Waals surface area contributed by atoms with Gasteiger partial charge in [0, 0.05) is 16.8 Å². The summed E-state index contributed by atoms with van der Waals surface area (Å²) in [6.45, 7) is 1.34. The first-order valence-electron chi connectivity index (χ1n) is 7.02. The molecule has 2 aromatic carbocycles. The number of carbonyl (C=O) groups is 2. The molecule has 0 bridgehead atoms. The topological polar surface area (TPSA) is 67.8 Å². The Morgan fingerprint density at radius 1 is 1.17 bits per heavy atom. The Hall–Kier alpha value is -2.31. The van der Waals surface area contributed by atoms with E-state index in [2.05, 4.69) is 10.5 Å². The van der Waals surface area contributed by atoms with Gasteiger partial charge in [-0.05, 0) is 54.1 Å². The monoisotopic (exact) mass is 362 g/mol. The second-order valence-electron chi connectivity index (χ2n) is 4.70. The van der Waals surface area contributed by atoms with Crippen LogP contribution >= 0.6 is 23.4 Å². The Morgan fingerprint density at radius 2 is 1.83 bits per heavy atom. The van der Waals surface area contributed by atoms with E-state index in [9.17, 15) is 9.59 Å². The van der Waals surface area contributed by atoms with E-state index < -0.39 is 0 Å². The fraction of sp³-hybridized carbons (Fsp3) is 0.118. The van der Waals surface area contributed by atoms with Crippen LogP contribution < -0.4 is 10.2 Å². The Morgan fingerprint density at radius 3 is 2.46 bits per heavy atom. The number of nitrogens with one attached hydrogen (secondary N) is 1. The van der Waals surface area contributed by atoms with Crippen molar-refractivity contribution in [1.82, 2.24) is 5.43 Å². The molecule has 1 N–H and O–H groups in total. The lowest BCUT2D eigenvalue weighted by atomic mass is 10.2. The molecule has 0 saturated heterocycles. The summed E-state index contributed by atoms with van der Waals surface area (Å²) in [5.74, 6) is 0.136. The Bertz CT molecular complexity index is 731. The van der Waals surface area contributed by atoms with Gasteiger partial charge >= 0.3 is 5.97 Å². The largest absolute Gasteiger partial charge is 0.427 e. The maximum atomic E-state index is 11.7. The van der Waals surface area contributed by atoms with E-state index in [0.29, 0.717) is 10.8 Å². The van der Waals surface area contributed by atoms with Gasteiger partial charge in [0.05, 0.1) is 12.0 Å². The minimum absolute atomic E-state index is 0.206. The number of hydrogen-bond acceptors (Lipinski definition) is 5. The number of halogens is 1. The van der Waals surface area contributed by atoms with Gasteiger partial charge in [0.2, 0.25) is 5.91 Å². The van der Waals surface area contributed by atoms with E-state index in [0.717, 1.165) is 10.5 Å². The quantitative estimate of drug-likeness (QED) is 0.281. The highest BCUT2D eigenvalue weighted by Gasteiger charge is 2.02. The zero-order chi connectivity index (χ0) is 17.4. The fourth-order valence-corrected chi connectivity index (χ4v) is 2.50. The number of thioether (sulfide) groups is 1. The number of carbonyl (C=O) groups excluding carboxylic acids is 2. The first-order chi connectivity index (χ1) is 11.5. The zero-order valence-electron chi connectivity index (χ0n) is 12.9. The molecule has 0 spiro atoms.